The van der Waals surface area contributed by atoms with E-state index in [1.54, 1.807) is 6.07 Å². The van der Waals surface area contributed by atoms with Gasteiger partial charge in [0.2, 0.25) is 0 Å². The van der Waals surface area contributed by atoms with Crippen LogP contribution in [0.3, 0.4) is 0 Å². The van der Waals surface area contributed by atoms with Gasteiger partial charge in [0.1, 0.15) is 0 Å². The second kappa shape index (κ2) is 5.72. The van der Waals surface area contributed by atoms with Gasteiger partial charge in [-0.2, -0.15) is 5.26 Å². The molecule has 1 aromatic rings. The van der Waals surface area contributed by atoms with Gasteiger partial charge in [0.05, 0.1) is 13.2 Å². The summed E-state index contributed by atoms with van der Waals surface area (Å²) in [7, 11) is 1.45. The van der Waals surface area contributed by atoms with Crippen molar-refractivity contribution in [2.24, 2.45) is 5.92 Å². The molecule has 1 fully saturated rings. The quantitative estimate of drug-likeness (QED) is 0.892. The van der Waals surface area contributed by atoms with Crippen LogP contribution in [0.5, 0.6) is 5.75 Å². The third-order valence-electron chi connectivity index (χ3n) is 3.43. The molecule has 1 aromatic carbocycles. The Balaban J connectivity index is 1.94. The molecular weight excluding hydrogens is 231 g/mol. The van der Waals surface area contributed by atoms with Gasteiger partial charge < -0.3 is 10.1 Å². The third-order valence-corrected chi connectivity index (χ3v) is 3.43. The van der Waals surface area contributed by atoms with E-state index in [4.69, 9.17) is 10.00 Å². The van der Waals surface area contributed by atoms with Crippen LogP contribution in [0.15, 0.2) is 18.2 Å². The highest BCUT2D eigenvalue weighted by atomic mass is 19.1. The molecule has 0 unspecified atom stereocenters. The minimum atomic E-state index is -0.354. The minimum Gasteiger partial charge on any atom is -0.494 e. The number of anilines is 1. The summed E-state index contributed by atoms with van der Waals surface area (Å²) in [5.74, 6) is 0.0950. The maximum absolute atomic E-state index is 13.5. The largest absolute Gasteiger partial charge is 0.494 e. The highest BCUT2D eigenvalue weighted by molar-refractivity contribution is 5.48. The zero-order chi connectivity index (χ0) is 13.0. The lowest BCUT2D eigenvalue weighted by molar-refractivity contribution is 0.385. The molecule has 0 heterocycles. The van der Waals surface area contributed by atoms with Gasteiger partial charge in [-0.3, -0.25) is 0 Å². The van der Waals surface area contributed by atoms with Gasteiger partial charge in [0.15, 0.2) is 11.6 Å². The molecule has 3 nitrogen and oxygen atoms in total. The van der Waals surface area contributed by atoms with Gasteiger partial charge in [0, 0.05) is 23.7 Å². The van der Waals surface area contributed by atoms with Crippen LogP contribution in [0.1, 0.15) is 25.7 Å². The predicted octanol–water partition coefficient (Wildman–Crippen LogP) is 3.33. The summed E-state index contributed by atoms with van der Waals surface area (Å²) in [5, 5.41) is 12.1. The summed E-state index contributed by atoms with van der Waals surface area (Å²) in [5.41, 5.74) is 0.772. The van der Waals surface area contributed by atoms with Crippen molar-refractivity contribution >= 4 is 5.69 Å². The zero-order valence-electron chi connectivity index (χ0n) is 10.4. The standard InChI is InChI=1S/C14H17FN2O/c1-18-14-7-6-12(8-13(14)15)17-11-4-2-10(9-16)3-5-11/h6-8,10-11,17H,2-5H2,1H3. The molecule has 2 rings (SSSR count). The molecule has 0 atom stereocenters. The lowest BCUT2D eigenvalue weighted by Gasteiger charge is -2.26. The van der Waals surface area contributed by atoms with Gasteiger partial charge in [-0.05, 0) is 37.8 Å². The Morgan fingerprint density at radius 1 is 1.33 bits per heavy atom. The smallest absolute Gasteiger partial charge is 0.167 e. The molecule has 1 aliphatic rings. The van der Waals surface area contributed by atoms with Crippen LogP contribution < -0.4 is 10.1 Å². The van der Waals surface area contributed by atoms with Gasteiger partial charge in [0.25, 0.3) is 0 Å². The van der Waals surface area contributed by atoms with E-state index < -0.39 is 0 Å². The highest BCUT2D eigenvalue weighted by Gasteiger charge is 2.20. The van der Waals surface area contributed by atoms with Crippen molar-refractivity contribution in [3.05, 3.63) is 24.0 Å². The van der Waals surface area contributed by atoms with Gasteiger partial charge in [-0.1, -0.05) is 0 Å². The molecule has 1 saturated carbocycles. The summed E-state index contributed by atoms with van der Waals surface area (Å²) >= 11 is 0. The fraction of sp³-hybridized carbons (Fsp3) is 0.500. The Morgan fingerprint density at radius 3 is 2.61 bits per heavy atom. The Labute approximate surface area is 107 Å². The predicted molar refractivity (Wildman–Crippen MR) is 67.9 cm³/mol. The number of nitrogens with one attached hydrogen (secondary N) is 1. The van der Waals surface area contributed by atoms with E-state index in [0.717, 1.165) is 31.4 Å². The normalized spacial score (nSPS) is 23.2. The molecular formula is C14H17FN2O. The monoisotopic (exact) mass is 248 g/mol. The van der Waals surface area contributed by atoms with Crippen molar-refractivity contribution < 1.29 is 9.13 Å². The highest BCUT2D eigenvalue weighted by Crippen LogP contribution is 2.27. The van der Waals surface area contributed by atoms with Crippen LogP contribution in [-0.2, 0) is 0 Å². The number of nitriles is 1. The average molecular weight is 248 g/mol. The molecule has 1 N–H and O–H groups in total. The summed E-state index contributed by atoms with van der Waals surface area (Å²) in [6, 6.07) is 7.54. The van der Waals surface area contributed by atoms with E-state index in [9.17, 15) is 4.39 Å². The number of benzene rings is 1. The Hall–Kier alpha value is -1.76. The van der Waals surface area contributed by atoms with E-state index in [1.807, 2.05) is 6.07 Å². The number of halogens is 1. The molecule has 18 heavy (non-hydrogen) atoms. The van der Waals surface area contributed by atoms with E-state index in [1.165, 1.54) is 13.2 Å². The van der Waals surface area contributed by atoms with Crippen molar-refractivity contribution in [1.82, 2.24) is 0 Å². The maximum atomic E-state index is 13.5. The third kappa shape index (κ3) is 2.92. The minimum absolute atomic E-state index is 0.190. The topological polar surface area (TPSA) is 45.0 Å². The Bertz CT molecular complexity index is 448. The van der Waals surface area contributed by atoms with Crippen molar-refractivity contribution in [3.8, 4) is 11.8 Å². The number of hydrogen-bond donors (Lipinski definition) is 1. The Kier molecular flexibility index (Phi) is 4.03. The average Bonchev–Trinajstić information content (AvgIpc) is 2.40. The van der Waals surface area contributed by atoms with Crippen LogP contribution in [0, 0.1) is 23.1 Å². The molecule has 4 heteroatoms. The van der Waals surface area contributed by atoms with Crippen LogP contribution in [0.25, 0.3) is 0 Å². The molecule has 0 bridgehead atoms. The number of nitrogens with zero attached hydrogens (tertiary/aromatic N) is 1. The fourth-order valence-electron chi connectivity index (χ4n) is 2.36. The van der Waals surface area contributed by atoms with Gasteiger partial charge >= 0.3 is 0 Å². The van der Waals surface area contributed by atoms with Crippen LogP contribution >= 0.6 is 0 Å². The second-order valence-corrected chi connectivity index (χ2v) is 4.67. The molecule has 0 radical (unpaired) electrons. The van der Waals surface area contributed by atoms with Gasteiger partial charge in [-0.25, -0.2) is 4.39 Å². The maximum Gasteiger partial charge on any atom is 0.167 e. The lowest BCUT2D eigenvalue weighted by atomic mass is 9.87. The molecule has 1 aliphatic carbocycles. The van der Waals surface area contributed by atoms with Crippen molar-refractivity contribution in [2.45, 2.75) is 31.7 Å². The zero-order valence-corrected chi connectivity index (χ0v) is 10.4. The van der Waals surface area contributed by atoms with E-state index >= 15 is 0 Å². The lowest BCUT2D eigenvalue weighted by Crippen LogP contribution is -2.25. The molecule has 0 spiro atoms. The fourth-order valence-corrected chi connectivity index (χ4v) is 2.36. The van der Waals surface area contributed by atoms with Crippen LogP contribution in [-0.4, -0.2) is 13.2 Å². The van der Waals surface area contributed by atoms with E-state index in [-0.39, 0.29) is 17.5 Å². The van der Waals surface area contributed by atoms with Crippen LogP contribution in [0.4, 0.5) is 10.1 Å². The number of ether oxygens (including phenoxy) is 1. The van der Waals surface area contributed by atoms with Gasteiger partial charge in [-0.15, -0.1) is 0 Å². The van der Waals surface area contributed by atoms with Crippen molar-refractivity contribution in [1.29, 1.82) is 5.26 Å². The number of hydrogen-bond acceptors (Lipinski definition) is 3. The SMILES string of the molecule is COc1ccc(NC2CCC(C#N)CC2)cc1F. The van der Waals surface area contributed by atoms with E-state index in [0.29, 0.717) is 6.04 Å². The summed E-state index contributed by atoms with van der Waals surface area (Å²) in [6.45, 7) is 0. The first-order chi connectivity index (χ1) is 8.72. The second-order valence-electron chi connectivity index (χ2n) is 4.67. The summed E-state index contributed by atoms with van der Waals surface area (Å²) < 4.78 is 18.4. The van der Waals surface area contributed by atoms with Crippen molar-refractivity contribution in [3.63, 3.8) is 0 Å². The molecule has 0 amide bonds. The first-order valence-corrected chi connectivity index (χ1v) is 6.22. The van der Waals surface area contributed by atoms with Crippen molar-refractivity contribution in [2.75, 3.05) is 12.4 Å². The first-order valence-electron chi connectivity index (χ1n) is 6.22. The molecule has 0 aromatic heterocycles. The first kappa shape index (κ1) is 12.7. The molecule has 96 valence electrons. The van der Waals surface area contributed by atoms with E-state index in [2.05, 4.69) is 11.4 Å². The molecule has 0 aliphatic heterocycles. The number of methoxy groups -OCH3 is 1. The Morgan fingerprint density at radius 2 is 2.06 bits per heavy atom. The summed E-state index contributed by atoms with van der Waals surface area (Å²) in [4.78, 5) is 0. The summed E-state index contributed by atoms with van der Waals surface area (Å²) in [6.07, 6.45) is 3.78. The molecule has 0 saturated heterocycles. The number of rotatable bonds is 3. The van der Waals surface area contributed by atoms with Crippen LogP contribution in [0.2, 0.25) is 0 Å².